The molecule has 2 unspecified atom stereocenters. The number of carbonyl (C=O) groups is 1. The Balaban J connectivity index is 1.68. The van der Waals surface area contributed by atoms with Crippen LogP contribution in [-0.4, -0.2) is 34.5 Å². The molecule has 1 saturated heterocycles. The van der Waals surface area contributed by atoms with Gasteiger partial charge >= 0.3 is 0 Å². The highest BCUT2D eigenvalue weighted by molar-refractivity contribution is 7.89. The number of rotatable bonds is 6. The average molecular weight is 416 g/mol. The van der Waals surface area contributed by atoms with Crippen molar-refractivity contribution in [3.05, 3.63) is 59.7 Å². The standard InChI is InChI=1S/C22H29N3O3S/c1-16-6-5-13-25(15-16)20-11-9-18(10-12-20)17(2)24-22(26)19-7-4-8-21(14-19)29(27,28)23-3/h4,7-12,14,16-17,23H,5-6,13,15H2,1-3H3,(H,24,26). The molecule has 29 heavy (non-hydrogen) atoms. The molecule has 0 radical (unpaired) electrons. The Morgan fingerprint density at radius 3 is 2.55 bits per heavy atom. The normalized spacial score (nSPS) is 18.3. The van der Waals surface area contributed by atoms with Gasteiger partial charge in [0.15, 0.2) is 0 Å². The van der Waals surface area contributed by atoms with Gasteiger partial charge in [-0.05, 0) is 68.6 Å². The Morgan fingerprint density at radius 2 is 1.90 bits per heavy atom. The summed E-state index contributed by atoms with van der Waals surface area (Å²) in [4.78, 5) is 15.1. The molecule has 2 aromatic rings. The SMILES string of the molecule is CNS(=O)(=O)c1cccc(C(=O)NC(C)c2ccc(N3CCCC(C)C3)cc2)c1. The quantitative estimate of drug-likeness (QED) is 0.759. The predicted molar refractivity (Wildman–Crippen MR) is 116 cm³/mol. The monoisotopic (exact) mass is 415 g/mol. The minimum atomic E-state index is -3.59. The molecule has 0 saturated carbocycles. The zero-order valence-electron chi connectivity index (χ0n) is 17.2. The fourth-order valence-electron chi connectivity index (χ4n) is 3.68. The van der Waals surface area contributed by atoms with E-state index < -0.39 is 10.0 Å². The molecule has 2 N–H and O–H groups in total. The van der Waals surface area contributed by atoms with Crippen LogP contribution in [0.5, 0.6) is 0 Å². The van der Waals surface area contributed by atoms with Crippen molar-refractivity contribution in [2.45, 2.75) is 37.6 Å². The van der Waals surface area contributed by atoms with Crippen LogP contribution in [0.4, 0.5) is 5.69 Å². The Hall–Kier alpha value is -2.38. The van der Waals surface area contributed by atoms with Crippen LogP contribution in [0.2, 0.25) is 0 Å². The first-order chi connectivity index (χ1) is 13.8. The first-order valence-corrected chi connectivity index (χ1v) is 11.5. The van der Waals surface area contributed by atoms with Gasteiger partial charge in [0, 0.05) is 24.3 Å². The van der Waals surface area contributed by atoms with Gasteiger partial charge in [-0.1, -0.05) is 25.1 Å². The molecule has 1 heterocycles. The predicted octanol–water partition coefficient (Wildman–Crippen LogP) is 3.32. The summed E-state index contributed by atoms with van der Waals surface area (Å²) in [5.41, 5.74) is 2.53. The molecule has 1 fully saturated rings. The van der Waals surface area contributed by atoms with Crippen LogP contribution in [0.3, 0.4) is 0 Å². The Morgan fingerprint density at radius 1 is 1.17 bits per heavy atom. The van der Waals surface area contributed by atoms with Gasteiger partial charge in [0.05, 0.1) is 10.9 Å². The number of hydrogen-bond acceptors (Lipinski definition) is 4. The number of carbonyl (C=O) groups excluding carboxylic acids is 1. The molecule has 7 heteroatoms. The second-order valence-electron chi connectivity index (χ2n) is 7.72. The fraction of sp³-hybridized carbons (Fsp3) is 0.409. The molecule has 2 atom stereocenters. The molecule has 156 valence electrons. The van der Waals surface area contributed by atoms with E-state index in [0.717, 1.165) is 18.7 Å². The Labute approximate surface area is 173 Å². The largest absolute Gasteiger partial charge is 0.371 e. The van der Waals surface area contributed by atoms with Crippen molar-refractivity contribution in [3.8, 4) is 0 Å². The van der Waals surface area contributed by atoms with Crippen LogP contribution in [0.1, 0.15) is 48.7 Å². The fourth-order valence-corrected chi connectivity index (χ4v) is 4.46. The van der Waals surface area contributed by atoms with E-state index in [1.165, 1.54) is 37.7 Å². The number of sulfonamides is 1. The second kappa shape index (κ2) is 8.97. The molecular formula is C22H29N3O3S. The van der Waals surface area contributed by atoms with Crippen molar-refractivity contribution in [1.29, 1.82) is 0 Å². The molecule has 0 spiro atoms. The third-order valence-corrected chi connectivity index (χ3v) is 6.85. The van der Waals surface area contributed by atoms with E-state index >= 15 is 0 Å². The van der Waals surface area contributed by atoms with E-state index in [-0.39, 0.29) is 16.8 Å². The minimum absolute atomic E-state index is 0.0698. The molecule has 2 aromatic carbocycles. The van der Waals surface area contributed by atoms with E-state index in [2.05, 4.69) is 34.0 Å². The molecule has 6 nitrogen and oxygen atoms in total. The zero-order chi connectivity index (χ0) is 21.0. The number of anilines is 1. The lowest BCUT2D eigenvalue weighted by Gasteiger charge is -2.33. The molecule has 0 aliphatic carbocycles. The molecule has 1 aliphatic heterocycles. The number of nitrogens with zero attached hydrogens (tertiary/aromatic N) is 1. The average Bonchev–Trinajstić information content (AvgIpc) is 2.74. The summed E-state index contributed by atoms with van der Waals surface area (Å²) in [5, 5.41) is 2.95. The van der Waals surface area contributed by atoms with E-state index in [0.29, 0.717) is 11.5 Å². The highest BCUT2D eigenvalue weighted by atomic mass is 32.2. The summed E-state index contributed by atoms with van der Waals surface area (Å²) in [6.07, 6.45) is 2.51. The first-order valence-electron chi connectivity index (χ1n) is 9.99. The first kappa shape index (κ1) is 21.3. The summed E-state index contributed by atoms with van der Waals surface area (Å²) in [6, 6.07) is 14.1. The van der Waals surface area contributed by atoms with Crippen molar-refractivity contribution < 1.29 is 13.2 Å². The summed E-state index contributed by atoms with van der Waals surface area (Å²) in [6.45, 7) is 6.37. The van der Waals surface area contributed by atoms with Crippen molar-refractivity contribution in [1.82, 2.24) is 10.0 Å². The smallest absolute Gasteiger partial charge is 0.251 e. The zero-order valence-corrected chi connectivity index (χ0v) is 18.0. The van der Waals surface area contributed by atoms with Crippen LogP contribution >= 0.6 is 0 Å². The molecule has 3 rings (SSSR count). The van der Waals surface area contributed by atoms with E-state index in [1.54, 1.807) is 12.1 Å². The van der Waals surface area contributed by atoms with Crippen molar-refractivity contribution in [2.75, 3.05) is 25.0 Å². The van der Waals surface area contributed by atoms with Crippen LogP contribution < -0.4 is 14.9 Å². The van der Waals surface area contributed by atoms with E-state index in [4.69, 9.17) is 0 Å². The summed E-state index contributed by atoms with van der Waals surface area (Å²) in [5.74, 6) is 0.406. The van der Waals surface area contributed by atoms with Crippen LogP contribution in [0.25, 0.3) is 0 Å². The molecule has 0 aromatic heterocycles. The highest BCUT2D eigenvalue weighted by Gasteiger charge is 2.18. The number of piperidine rings is 1. The minimum Gasteiger partial charge on any atom is -0.371 e. The maximum atomic E-state index is 12.6. The lowest BCUT2D eigenvalue weighted by molar-refractivity contribution is 0.0939. The third-order valence-electron chi connectivity index (χ3n) is 5.44. The van der Waals surface area contributed by atoms with Crippen LogP contribution in [-0.2, 0) is 10.0 Å². The lowest BCUT2D eigenvalue weighted by Crippen LogP contribution is -2.34. The number of amides is 1. The van der Waals surface area contributed by atoms with Crippen molar-refractivity contribution in [2.24, 2.45) is 5.92 Å². The van der Waals surface area contributed by atoms with Gasteiger partial charge in [-0.3, -0.25) is 4.79 Å². The molecule has 0 bridgehead atoms. The van der Waals surface area contributed by atoms with Crippen LogP contribution in [0, 0.1) is 5.92 Å². The third kappa shape index (κ3) is 5.16. The van der Waals surface area contributed by atoms with Gasteiger partial charge in [-0.25, -0.2) is 13.1 Å². The van der Waals surface area contributed by atoms with Gasteiger partial charge < -0.3 is 10.2 Å². The van der Waals surface area contributed by atoms with Crippen LogP contribution in [0.15, 0.2) is 53.4 Å². The second-order valence-corrected chi connectivity index (χ2v) is 9.60. The number of nitrogens with one attached hydrogen (secondary N) is 2. The highest BCUT2D eigenvalue weighted by Crippen LogP contribution is 2.25. The van der Waals surface area contributed by atoms with E-state index in [9.17, 15) is 13.2 Å². The molecule has 1 aliphatic rings. The Bertz CT molecular complexity index is 958. The topological polar surface area (TPSA) is 78.5 Å². The summed E-state index contributed by atoms with van der Waals surface area (Å²) >= 11 is 0. The van der Waals surface area contributed by atoms with Gasteiger partial charge in [-0.2, -0.15) is 0 Å². The maximum Gasteiger partial charge on any atom is 0.251 e. The van der Waals surface area contributed by atoms with Gasteiger partial charge in [0.25, 0.3) is 5.91 Å². The lowest BCUT2D eigenvalue weighted by atomic mass is 9.99. The van der Waals surface area contributed by atoms with Gasteiger partial charge in [-0.15, -0.1) is 0 Å². The van der Waals surface area contributed by atoms with Crippen molar-refractivity contribution >= 4 is 21.6 Å². The summed E-state index contributed by atoms with van der Waals surface area (Å²) in [7, 11) is -2.24. The number of hydrogen-bond donors (Lipinski definition) is 2. The van der Waals surface area contributed by atoms with E-state index in [1.807, 2.05) is 19.1 Å². The van der Waals surface area contributed by atoms with Crippen molar-refractivity contribution in [3.63, 3.8) is 0 Å². The number of benzene rings is 2. The Kier molecular flexibility index (Phi) is 6.59. The van der Waals surface area contributed by atoms with Gasteiger partial charge in [0.2, 0.25) is 10.0 Å². The van der Waals surface area contributed by atoms with Gasteiger partial charge in [0.1, 0.15) is 0 Å². The molecular weight excluding hydrogens is 386 g/mol. The summed E-state index contributed by atoms with van der Waals surface area (Å²) < 4.78 is 26.2. The maximum absolute atomic E-state index is 12.6. The molecule has 1 amide bonds.